The van der Waals surface area contributed by atoms with Crippen LogP contribution in [0.5, 0.6) is 0 Å². The van der Waals surface area contributed by atoms with E-state index in [2.05, 4.69) is 10.5 Å². The molecule has 0 spiro atoms. The summed E-state index contributed by atoms with van der Waals surface area (Å²) in [7, 11) is 0. The molecular weight excluding hydrogens is 258 g/mol. The van der Waals surface area contributed by atoms with E-state index < -0.39 is 0 Å². The summed E-state index contributed by atoms with van der Waals surface area (Å²) in [5.41, 5.74) is 8.32. The van der Waals surface area contributed by atoms with E-state index in [9.17, 15) is 4.79 Å². The SMILES string of the molecule is CCOC(=O)c1ccc(N)c(NCc2cc(C)on2)c1. The van der Waals surface area contributed by atoms with Gasteiger partial charge in [0.25, 0.3) is 0 Å². The average Bonchev–Trinajstić information content (AvgIpc) is 2.84. The number of nitrogens with two attached hydrogens (primary N) is 1. The van der Waals surface area contributed by atoms with Gasteiger partial charge in [-0.15, -0.1) is 0 Å². The highest BCUT2D eigenvalue weighted by Crippen LogP contribution is 2.21. The fourth-order valence-corrected chi connectivity index (χ4v) is 1.74. The summed E-state index contributed by atoms with van der Waals surface area (Å²) in [4.78, 5) is 11.7. The zero-order valence-electron chi connectivity index (χ0n) is 11.5. The molecule has 1 aromatic heterocycles. The molecule has 1 heterocycles. The van der Waals surface area contributed by atoms with E-state index in [0.717, 1.165) is 11.5 Å². The average molecular weight is 275 g/mol. The first-order valence-corrected chi connectivity index (χ1v) is 6.33. The highest BCUT2D eigenvalue weighted by atomic mass is 16.5. The Hall–Kier alpha value is -2.50. The maximum atomic E-state index is 11.7. The fraction of sp³-hybridized carbons (Fsp3) is 0.286. The molecule has 3 N–H and O–H groups in total. The van der Waals surface area contributed by atoms with Gasteiger partial charge in [0.15, 0.2) is 0 Å². The first-order valence-electron chi connectivity index (χ1n) is 6.33. The lowest BCUT2D eigenvalue weighted by molar-refractivity contribution is 0.0526. The summed E-state index contributed by atoms with van der Waals surface area (Å²) >= 11 is 0. The van der Waals surface area contributed by atoms with Crippen LogP contribution < -0.4 is 11.1 Å². The number of carbonyl (C=O) groups excluding carboxylic acids is 1. The quantitative estimate of drug-likeness (QED) is 0.643. The van der Waals surface area contributed by atoms with Crippen LogP contribution >= 0.6 is 0 Å². The van der Waals surface area contributed by atoms with Crippen molar-refractivity contribution in [1.82, 2.24) is 5.16 Å². The highest BCUT2D eigenvalue weighted by molar-refractivity contribution is 5.92. The third-order valence-electron chi connectivity index (χ3n) is 2.70. The number of rotatable bonds is 5. The number of nitrogen functional groups attached to an aromatic ring is 1. The van der Waals surface area contributed by atoms with Crippen molar-refractivity contribution in [2.24, 2.45) is 0 Å². The Kier molecular flexibility index (Phi) is 4.24. The highest BCUT2D eigenvalue weighted by Gasteiger charge is 2.09. The number of hydrogen-bond acceptors (Lipinski definition) is 6. The Morgan fingerprint density at radius 3 is 2.90 bits per heavy atom. The molecule has 0 saturated heterocycles. The third kappa shape index (κ3) is 3.28. The number of ether oxygens (including phenoxy) is 1. The van der Waals surface area contributed by atoms with Crippen molar-refractivity contribution in [2.75, 3.05) is 17.7 Å². The van der Waals surface area contributed by atoms with Crippen LogP contribution in [0.2, 0.25) is 0 Å². The van der Waals surface area contributed by atoms with Crippen molar-refractivity contribution in [2.45, 2.75) is 20.4 Å². The number of nitrogens with one attached hydrogen (secondary N) is 1. The minimum absolute atomic E-state index is 0.337. The lowest BCUT2D eigenvalue weighted by Crippen LogP contribution is -2.08. The van der Waals surface area contributed by atoms with Gasteiger partial charge < -0.3 is 20.3 Å². The Labute approximate surface area is 116 Å². The van der Waals surface area contributed by atoms with E-state index in [1.807, 2.05) is 13.0 Å². The second kappa shape index (κ2) is 6.10. The largest absolute Gasteiger partial charge is 0.462 e. The molecule has 1 aromatic carbocycles. The first kappa shape index (κ1) is 13.9. The van der Waals surface area contributed by atoms with Crippen molar-refractivity contribution in [3.05, 3.63) is 41.3 Å². The minimum Gasteiger partial charge on any atom is -0.462 e. The molecule has 6 heteroatoms. The predicted molar refractivity (Wildman–Crippen MR) is 75.4 cm³/mol. The van der Waals surface area contributed by atoms with Gasteiger partial charge >= 0.3 is 5.97 Å². The van der Waals surface area contributed by atoms with Gasteiger partial charge in [-0.1, -0.05) is 5.16 Å². The van der Waals surface area contributed by atoms with Crippen molar-refractivity contribution in [3.63, 3.8) is 0 Å². The molecule has 0 amide bonds. The molecule has 0 fully saturated rings. The number of anilines is 2. The topological polar surface area (TPSA) is 90.4 Å². The normalized spacial score (nSPS) is 10.3. The Bertz CT molecular complexity index is 607. The molecule has 0 radical (unpaired) electrons. The lowest BCUT2D eigenvalue weighted by Gasteiger charge is -2.09. The van der Waals surface area contributed by atoms with Gasteiger partial charge in [0, 0.05) is 6.07 Å². The number of aryl methyl sites for hydroxylation is 1. The van der Waals surface area contributed by atoms with E-state index in [1.165, 1.54) is 0 Å². The molecule has 0 aliphatic carbocycles. The minimum atomic E-state index is -0.368. The molecule has 2 rings (SSSR count). The van der Waals surface area contributed by atoms with Crippen LogP contribution in [0.3, 0.4) is 0 Å². The molecule has 6 nitrogen and oxygen atoms in total. The number of nitrogens with zero attached hydrogens (tertiary/aromatic N) is 1. The van der Waals surface area contributed by atoms with Gasteiger partial charge in [-0.25, -0.2) is 4.79 Å². The van der Waals surface area contributed by atoms with E-state index in [-0.39, 0.29) is 5.97 Å². The number of carbonyl (C=O) groups is 1. The first-order chi connectivity index (χ1) is 9.60. The Balaban J connectivity index is 2.10. The molecule has 2 aromatic rings. The molecule has 0 unspecified atom stereocenters. The summed E-state index contributed by atoms with van der Waals surface area (Å²) in [6.45, 7) is 4.39. The van der Waals surface area contributed by atoms with Crippen molar-refractivity contribution < 1.29 is 14.1 Å². The second-order valence-electron chi connectivity index (χ2n) is 4.30. The molecule has 0 saturated carbocycles. The molecule has 0 bridgehead atoms. The summed E-state index contributed by atoms with van der Waals surface area (Å²) in [6, 6.07) is 6.81. The van der Waals surface area contributed by atoms with E-state index in [1.54, 1.807) is 25.1 Å². The smallest absolute Gasteiger partial charge is 0.338 e. The van der Waals surface area contributed by atoms with E-state index in [0.29, 0.717) is 30.1 Å². The molecule has 106 valence electrons. The maximum absolute atomic E-state index is 11.7. The van der Waals surface area contributed by atoms with Gasteiger partial charge in [0.2, 0.25) is 0 Å². The lowest BCUT2D eigenvalue weighted by atomic mass is 10.1. The fourth-order valence-electron chi connectivity index (χ4n) is 1.74. The Morgan fingerprint density at radius 1 is 1.45 bits per heavy atom. The Morgan fingerprint density at radius 2 is 2.25 bits per heavy atom. The van der Waals surface area contributed by atoms with Crippen molar-refractivity contribution in [3.8, 4) is 0 Å². The summed E-state index contributed by atoms with van der Waals surface area (Å²) in [5.74, 6) is 0.378. The van der Waals surface area contributed by atoms with Crippen LogP contribution in [0.15, 0.2) is 28.8 Å². The molecule has 0 aliphatic heterocycles. The van der Waals surface area contributed by atoms with Crippen molar-refractivity contribution >= 4 is 17.3 Å². The second-order valence-corrected chi connectivity index (χ2v) is 4.30. The number of aromatic nitrogens is 1. The summed E-state index contributed by atoms with van der Waals surface area (Å²) in [5, 5.41) is 7.00. The van der Waals surface area contributed by atoms with Gasteiger partial charge in [-0.2, -0.15) is 0 Å². The van der Waals surface area contributed by atoms with Crippen LogP contribution in [-0.2, 0) is 11.3 Å². The van der Waals surface area contributed by atoms with Crippen LogP contribution in [0.25, 0.3) is 0 Å². The summed E-state index contributed by atoms with van der Waals surface area (Å²) in [6.07, 6.45) is 0. The third-order valence-corrected chi connectivity index (χ3v) is 2.70. The predicted octanol–water partition coefficient (Wildman–Crippen LogP) is 2.35. The number of benzene rings is 1. The maximum Gasteiger partial charge on any atom is 0.338 e. The molecular formula is C14H17N3O3. The molecule has 0 atom stereocenters. The monoisotopic (exact) mass is 275 g/mol. The van der Waals surface area contributed by atoms with Crippen LogP contribution in [0.4, 0.5) is 11.4 Å². The van der Waals surface area contributed by atoms with Crippen LogP contribution in [0.1, 0.15) is 28.7 Å². The number of esters is 1. The van der Waals surface area contributed by atoms with Gasteiger partial charge in [-0.05, 0) is 32.0 Å². The van der Waals surface area contributed by atoms with Crippen molar-refractivity contribution in [1.29, 1.82) is 0 Å². The zero-order valence-corrected chi connectivity index (χ0v) is 11.5. The van der Waals surface area contributed by atoms with E-state index in [4.69, 9.17) is 15.0 Å². The van der Waals surface area contributed by atoms with Gasteiger partial charge in [0.05, 0.1) is 30.1 Å². The van der Waals surface area contributed by atoms with Crippen LogP contribution in [-0.4, -0.2) is 17.7 Å². The summed E-state index contributed by atoms with van der Waals surface area (Å²) < 4.78 is 9.94. The standard InChI is InChI=1S/C14H17N3O3/c1-3-19-14(18)10-4-5-12(15)13(7-10)16-8-11-6-9(2)20-17-11/h4-7,16H,3,8,15H2,1-2H3. The number of hydrogen-bond donors (Lipinski definition) is 2. The molecule has 20 heavy (non-hydrogen) atoms. The van der Waals surface area contributed by atoms with E-state index >= 15 is 0 Å². The molecule has 0 aliphatic rings. The van der Waals surface area contributed by atoms with Gasteiger partial charge in [0.1, 0.15) is 11.5 Å². The zero-order chi connectivity index (χ0) is 14.5. The van der Waals surface area contributed by atoms with Crippen LogP contribution in [0, 0.1) is 6.92 Å². The van der Waals surface area contributed by atoms with Gasteiger partial charge in [-0.3, -0.25) is 0 Å².